The standard InChI is InChI=1S/C30H50N10O9/c1-16(2)10-20(38-27(45)21(12-24(33)42)37-25(43)18(32)14-41)26(44)39-22(11-17-13-34-15-35-17)29(47)40-9-5-7-23(40)28(46)36-19(30(48)49)6-3-4-8-31/h13,15-16,18-23,41H,3-12,14,31-32H2,1-2H3,(H2,33,42)(H,34,35)(H,36,46)(H,37,43)(H,38,45)(H,39,44)(H,48,49)/t18-,19-,20-,21-,22-,23-/m0/s1. The highest BCUT2D eigenvalue weighted by molar-refractivity contribution is 5.97. The number of nitrogens with two attached hydrogens (primary N) is 3. The van der Waals surface area contributed by atoms with Crippen LogP contribution in [0.2, 0.25) is 0 Å². The summed E-state index contributed by atoms with van der Waals surface area (Å²) in [5.74, 6) is -6.14. The number of carbonyl (C=O) groups is 7. The largest absolute Gasteiger partial charge is 0.480 e. The van der Waals surface area contributed by atoms with E-state index in [1.54, 1.807) is 13.8 Å². The third-order valence-electron chi connectivity index (χ3n) is 7.91. The molecule has 0 saturated carbocycles. The Morgan fingerprint density at radius 3 is 2.20 bits per heavy atom. The van der Waals surface area contributed by atoms with E-state index in [0.29, 0.717) is 31.5 Å². The Balaban J connectivity index is 2.30. The fraction of sp³-hybridized carbons (Fsp3) is 0.667. The van der Waals surface area contributed by atoms with E-state index >= 15 is 0 Å². The highest BCUT2D eigenvalue weighted by Gasteiger charge is 2.40. The van der Waals surface area contributed by atoms with Gasteiger partial charge in [0.25, 0.3) is 0 Å². The number of carboxylic acid groups (broad SMARTS) is 1. The van der Waals surface area contributed by atoms with Crippen LogP contribution in [0.25, 0.3) is 0 Å². The predicted octanol–water partition coefficient (Wildman–Crippen LogP) is -3.66. The van der Waals surface area contributed by atoms with Crippen LogP contribution in [0.5, 0.6) is 0 Å². The number of unbranched alkanes of at least 4 members (excludes halogenated alkanes) is 1. The maximum atomic E-state index is 14.0. The Kier molecular flexibility index (Phi) is 16.6. The molecule has 13 N–H and O–H groups in total. The van der Waals surface area contributed by atoms with Crippen LogP contribution < -0.4 is 38.5 Å². The minimum absolute atomic E-state index is 0.0615. The van der Waals surface area contributed by atoms with Gasteiger partial charge in [-0.1, -0.05) is 13.8 Å². The smallest absolute Gasteiger partial charge is 0.326 e. The first kappa shape index (κ1) is 40.6. The molecule has 0 spiro atoms. The van der Waals surface area contributed by atoms with Crippen molar-refractivity contribution in [2.75, 3.05) is 19.7 Å². The third-order valence-corrected chi connectivity index (χ3v) is 7.91. The second-order valence-electron chi connectivity index (χ2n) is 12.4. The lowest BCUT2D eigenvalue weighted by molar-refractivity contribution is -0.145. The van der Waals surface area contributed by atoms with Crippen molar-refractivity contribution >= 4 is 41.4 Å². The van der Waals surface area contributed by atoms with Crippen molar-refractivity contribution in [3.05, 3.63) is 18.2 Å². The third kappa shape index (κ3) is 13.1. The average molecular weight is 695 g/mol. The molecule has 1 aliphatic rings. The number of aromatic nitrogens is 2. The van der Waals surface area contributed by atoms with Crippen LogP contribution in [0, 0.1) is 5.92 Å². The van der Waals surface area contributed by atoms with E-state index in [1.807, 2.05) is 0 Å². The van der Waals surface area contributed by atoms with Gasteiger partial charge in [0.05, 0.1) is 19.4 Å². The summed E-state index contributed by atoms with van der Waals surface area (Å²) < 4.78 is 0. The fourth-order valence-corrected chi connectivity index (χ4v) is 5.36. The molecule has 49 heavy (non-hydrogen) atoms. The van der Waals surface area contributed by atoms with E-state index < -0.39 is 90.7 Å². The van der Waals surface area contributed by atoms with Gasteiger partial charge in [-0.2, -0.15) is 0 Å². The zero-order chi connectivity index (χ0) is 36.7. The number of aliphatic hydroxyl groups excluding tert-OH is 1. The zero-order valence-electron chi connectivity index (χ0n) is 27.9. The molecule has 1 aromatic heterocycles. The average Bonchev–Trinajstić information content (AvgIpc) is 3.75. The van der Waals surface area contributed by atoms with Gasteiger partial charge in [-0.15, -0.1) is 0 Å². The molecule has 1 aliphatic heterocycles. The Bertz CT molecular complexity index is 1290. The minimum Gasteiger partial charge on any atom is -0.480 e. The van der Waals surface area contributed by atoms with Gasteiger partial charge in [0.15, 0.2) is 0 Å². The minimum atomic E-state index is -1.51. The highest BCUT2D eigenvalue weighted by atomic mass is 16.4. The number of imidazole rings is 1. The molecule has 1 saturated heterocycles. The summed E-state index contributed by atoms with van der Waals surface area (Å²) in [4.78, 5) is 98.2. The molecule has 0 aliphatic carbocycles. The van der Waals surface area contributed by atoms with Crippen LogP contribution in [0.4, 0.5) is 0 Å². The van der Waals surface area contributed by atoms with Gasteiger partial charge < -0.3 is 58.6 Å². The monoisotopic (exact) mass is 694 g/mol. The number of likely N-dealkylation sites (tertiary alicyclic amines) is 1. The van der Waals surface area contributed by atoms with E-state index in [9.17, 15) is 43.8 Å². The normalized spacial score (nSPS) is 17.3. The molecule has 2 rings (SSSR count). The van der Waals surface area contributed by atoms with Crippen molar-refractivity contribution in [3.63, 3.8) is 0 Å². The lowest BCUT2D eigenvalue weighted by Gasteiger charge is -2.31. The molecule has 0 unspecified atom stereocenters. The fourth-order valence-electron chi connectivity index (χ4n) is 5.36. The maximum Gasteiger partial charge on any atom is 0.326 e. The first-order valence-corrected chi connectivity index (χ1v) is 16.2. The summed E-state index contributed by atoms with van der Waals surface area (Å²) in [6.07, 6.45) is 4.21. The van der Waals surface area contributed by atoms with Crippen LogP contribution in [0.1, 0.15) is 64.5 Å². The number of hydrogen-bond acceptors (Lipinski definition) is 11. The molecule has 1 fully saturated rings. The van der Waals surface area contributed by atoms with Gasteiger partial charge in [-0.3, -0.25) is 28.8 Å². The lowest BCUT2D eigenvalue weighted by atomic mass is 10.0. The molecule has 1 aromatic rings. The van der Waals surface area contributed by atoms with Crippen molar-refractivity contribution in [2.45, 2.75) is 101 Å². The van der Waals surface area contributed by atoms with Crippen molar-refractivity contribution in [1.82, 2.24) is 36.1 Å². The Hall–Kier alpha value is -4.62. The molecule has 6 amide bonds. The second-order valence-corrected chi connectivity index (χ2v) is 12.4. The van der Waals surface area contributed by atoms with Gasteiger partial charge in [0.2, 0.25) is 35.4 Å². The number of carboxylic acids is 1. The Morgan fingerprint density at radius 2 is 1.63 bits per heavy atom. The van der Waals surface area contributed by atoms with E-state index in [0.717, 1.165) is 0 Å². The summed E-state index contributed by atoms with van der Waals surface area (Å²) >= 11 is 0. The number of aliphatic carboxylic acids is 1. The number of rotatable bonds is 21. The first-order valence-electron chi connectivity index (χ1n) is 16.2. The highest BCUT2D eigenvalue weighted by Crippen LogP contribution is 2.20. The SMILES string of the molecule is CC(C)C[C@H](NC(=O)[C@H](CC(N)=O)NC(=O)[C@@H](N)CO)C(=O)N[C@@H](Cc1cnc[nH]1)C(=O)N1CCC[C@H]1C(=O)N[C@@H](CCCCN)C(=O)O. The van der Waals surface area contributed by atoms with Crippen molar-refractivity contribution in [2.24, 2.45) is 23.1 Å². The molecule has 2 heterocycles. The number of hydrogen-bond donors (Lipinski definition) is 10. The number of nitrogens with zero attached hydrogens (tertiary/aromatic N) is 2. The van der Waals surface area contributed by atoms with Crippen molar-refractivity contribution in [1.29, 1.82) is 0 Å². The van der Waals surface area contributed by atoms with Crippen LogP contribution >= 0.6 is 0 Å². The number of aromatic amines is 1. The summed E-state index contributed by atoms with van der Waals surface area (Å²) in [6.45, 7) is 3.40. The number of carbonyl (C=O) groups excluding carboxylic acids is 6. The van der Waals surface area contributed by atoms with E-state index in [4.69, 9.17) is 17.2 Å². The van der Waals surface area contributed by atoms with Crippen LogP contribution in [-0.4, -0.2) is 122 Å². The van der Waals surface area contributed by atoms with Crippen LogP contribution in [0.15, 0.2) is 12.5 Å². The molecular formula is C30H50N10O9. The number of nitrogens with one attached hydrogen (secondary N) is 5. The molecule has 19 heteroatoms. The topological polar surface area (TPSA) is 318 Å². The molecule has 6 atom stereocenters. The molecule has 0 bridgehead atoms. The summed E-state index contributed by atoms with van der Waals surface area (Å²) in [5, 5.41) is 28.8. The van der Waals surface area contributed by atoms with Crippen molar-refractivity contribution in [3.8, 4) is 0 Å². The number of H-pyrrole nitrogens is 1. The van der Waals surface area contributed by atoms with Gasteiger partial charge >= 0.3 is 5.97 Å². The molecule has 274 valence electrons. The van der Waals surface area contributed by atoms with Crippen LogP contribution in [0.3, 0.4) is 0 Å². The van der Waals surface area contributed by atoms with Gasteiger partial charge in [0, 0.05) is 24.9 Å². The van der Waals surface area contributed by atoms with Crippen LogP contribution in [-0.2, 0) is 40.0 Å². The van der Waals surface area contributed by atoms with Gasteiger partial charge in [0.1, 0.15) is 36.3 Å². The predicted molar refractivity (Wildman–Crippen MR) is 174 cm³/mol. The molecule has 0 aromatic carbocycles. The van der Waals surface area contributed by atoms with E-state index in [-0.39, 0.29) is 38.1 Å². The molecular weight excluding hydrogens is 644 g/mol. The number of primary amides is 1. The molecule has 19 nitrogen and oxygen atoms in total. The zero-order valence-corrected chi connectivity index (χ0v) is 27.9. The Labute approximate surface area is 283 Å². The molecule has 0 radical (unpaired) electrons. The maximum absolute atomic E-state index is 14.0. The van der Waals surface area contributed by atoms with E-state index in [1.165, 1.54) is 17.4 Å². The Morgan fingerprint density at radius 1 is 0.980 bits per heavy atom. The first-order chi connectivity index (χ1) is 23.2. The van der Waals surface area contributed by atoms with E-state index in [2.05, 4.69) is 31.2 Å². The van der Waals surface area contributed by atoms with Gasteiger partial charge in [-0.05, 0) is 51.0 Å². The number of aliphatic hydroxyl groups is 1. The lowest BCUT2D eigenvalue weighted by Crippen LogP contribution is -2.60. The van der Waals surface area contributed by atoms with Crippen molar-refractivity contribution < 1.29 is 43.8 Å². The quantitative estimate of drug-likeness (QED) is 0.0557. The summed E-state index contributed by atoms with van der Waals surface area (Å²) in [7, 11) is 0. The summed E-state index contributed by atoms with van der Waals surface area (Å²) in [6, 6.07) is -7.53. The van der Waals surface area contributed by atoms with Gasteiger partial charge in [-0.25, -0.2) is 9.78 Å². The summed E-state index contributed by atoms with van der Waals surface area (Å²) in [5.41, 5.74) is 16.8. The number of amides is 6. The second kappa shape index (κ2) is 20.0.